The Balaban J connectivity index is 2.47. The highest BCUT2D eigenvalue weighted by molar-refractivity contribution is 5.93. The van der Waals surface area contributed by atoms with Gasteiger partial charge < -0.3 is 10.3 Å². The smallest absolute Gasteiger partial charge is 0.252 e. The molecule has 0 saturated heterocycles. The van der Waals surface area contributed by atoms with Crippen molar-refractivity contribution >= 4 is 5.91 Å². The molecular formula is C12H18N2O2. The van der Waals surface area contributed by atoms with Crippen molar-refractivity contribution in [3.8, 4) is 0 Å². The lowest BCUT2D eigenvalue weighted by atomic mass is 9.92. The van der Waals surface area contributed by atoms with Gasteiger partial charge in [-0.15, -0.1) is 0 Å². The number of aromatic amines is 1. The third-order valence-electron chi connectivity index (χ3n) is 2.21. The molecule has 0 atom stereocenters. The number of H-pyrrole nitrogens is 1. The van der Waals surface area contributed by atoms with Gasteiger partial charge in [-0.25, -0.2) is 0 Å². The number of nitrogens with one attached hydrogen (secondary N) is 2. The lowest BCUT2D eigenvalue weighted by molar-refractivity contribution is 0.0949. The molecule has 0 unspecified atom stereocenters. The second kappa shape index (κ2) is 4.96. The van der Waals surface area contributed by atoms with Crippen LogP contribution in [0.25, 0.3) is 0 Å². The van der Waals surface area contributed by atoms with E-state index in [0.717, 1.165) is 6.42 Å². The number of aromatic nitrogens is 1. The molecule has 1 amide bonds. The minimum Gasteiger partial charge on any atom is -0.352 e. The zero-order valence-corrected chi connectivity index (χ0v) is 9.96. The van der Waals surface area contributed by atoms with E-state index in [-0.39, 0.29) is 16.9 Å². The molecule has 0 aliphatic heterocycles. The van der Waals surface area contributed by atoms with E-state index >= 15 is 0 Å². The van der Waals surface area contributed by atoms with E-state index in [4.69, 9.17) is 0 Å². The second-order valence-corrected chi connectivity index (χ2v) is 5.01. The fourth-order valence-electron chi connectivity index (χ4n) is 1.20. The summed E-state index contributed by atoms with van der Waals surface area (Å²) >= 11 is 0. The van der Waals surface area contributed by atoms with Crippen LogP contribution in [0.15, 0.2) is 23.1 Å². The quantitative estimate of drug-likeness (QED) is 0.815. The van der Waals surface area contributed by atoms with Crippen LogP contribution in [0.5, 0.6) is 0 Å². The lowest BCUT2D eigenvalue weighted by Gasteiger charge is -2.17. The van der Waals surface area contributed by atoms with Crippen molar-refractivity contribution < 1.29 is 4.79 Å². The molecule has 0 radical (unpaired) electrons. The first-order valence-corrected chi connectivity index (χ1v) is 5.35. The van der Waals surface area contributed by atoms with Gasteiger partial charge in [0.2, 0.25) is 5.56 Å². The van der Waals surface area contributed by atoms with E-state index in [0.29, 0.717) is 12.1 Å². The molecule has 0 bridgehead atoms. The summed E-state index contributed by atoms with van der Waals surface area (Å²) in [7, 11) is 0. The van der Waals surface area contributed by atoms with Gasteiger partial charge in [0.25, 0.3) is 5.91 Å². The van der Waals surface area contributed by atoms with Crippen LogP contribution in [0.4, 0.5) is 0 Å². The third-order valence-corrected chi connectivity index (χ3v) is 2.21. The monoisotopic (exact) mass is 222 g/mol. The molecule has 0 fully saturated rings. The van der Waals surface area contributed by atoms with Crippen LogP contribution in [0.3, 0.4) is 0 Å². The SMILES string of the molecule is CC(C)(C)CCNC(=O)c1ccc(=O)[nH]c1. The number of carbonyl (C=O) groups excluding carboxylic acids is 1. The third kappa shape index (κ3) is 4.29. The maximum atomic E-state index is 11.6. The summed E-state index contributed by atoms with van der Waals surface area (Å²) in [6, 6.07) is 2.87. The molecule has 4 heteroatoms. The number of carbonyl (C=O) groups is 1. The number of pyridine rings is 1. The Kier molecular flexibility index (Phi) is 3.88. The van der Waals surface area contributed by atoms with Crippen LogP contribution < -0.4 is 10.9 Å². The predicted molar refractivity (Wildman–Crippen MR) is 63.5 cm³/mol. The zero-order valence-electron chi connectivity index (χ0n) is 9.96. The first kappa shape index (κ1) is 12.5. The van der Waals surface area contributed by atoms with Gasteiger partial charge in [-0.05, 0) is 17.9 Å². The van der Waals surface area contributed by atoms with E-state index in [9.17, 15) is 9.59 Å². The molecule has 0 aromatic carbocycles. The second-order valence-electron chi connectivity index (χ2n) is 5.01. The normalized spacial score (nSPS) is 11.2. The van der Waals surface area contributed by atoms with Crippen LogP contribution in [-0.4, -0.2) is 17.4 Å². The fraction of sp³-hybridized carbons (Fsp3) is 0.500. The van der Waals surface area contributed by atoms with E-state index in [1.54, 1.807) is 0 Å². The average molecular weight is 222 g/mol. The van der Waals surface area contributed by atoms with Crippen molar-refractivity contribution in [2.75, 3.05) is 6.54 Å². The van der Waals surface area contributed by atoms with Gasteiger partial charge in [0.15, 0.2) is 0 Å². The average Bonchev–Trinajstić information content (AvgIpc) is 2.16. The molecule has 0 aliphatic carbocycles. The van der Waals surface area contributed by atoms with E-state index < -0.39 is 0 Å². The molecule has 4 nitrogen and oxygen atoms in total. The zero-order chi connectivity index (χ0) is 12.2. The number of amides is 1. The number of rotatable bonds is 3. The molecule has 88 valence electrons. The Hall–Kier alpha value is -1.58. The summed E-state index contributed by atoms with van der Waals surface area (Å²) in [5.74, 6) is -0.152. The van der Waals surface area contributed by atoms with Crippen LogP contribution in [0.1, 0.15) is 37.6 Å². The van der Waals surface area contributed by atoms with Crippen molar-refractivity contribution in [1.29, 1.82) is 0 Å². The highest BCUT2D eigenvalue weighted by Crippen LogP contribution is 2.16. The van der Waals surface area contributed by atoms with Crippen molar-refractivity contribution in [2.45, 2.75) is 27.2 Å². The van der Waals surface area contributed by atoms with Crippen molar-refractivity contribution in [2.24, 2.45) is 5.41 Å². The number of hydrogen-bond acceptors (Lipinski definition) is 2. The topological polar surface area (TPSA) is 62.0 Å². The van der Waals surface area contributed by atoms with Crippen molar-refractivity contribution in [3.63, 3.8) is 0 Å². The number of hydrogen-bond donors (Lipinski definition) is 2. The van der Waals surface area contributed by atoms with Gasteiger partial charge in [0.1, 0.15) is 0 Å². The summed E-state index contributed by atoms with van der Waals surface area (Å²) in [4.78, 5) is 24.9. The van der Waals surface area contributed by atoms with Crippen LogP contribution in [0, 0.1) is 5.41 Å². The maximum absolute atomic E-state index is 11.6. The molecule has 2 N–H and O–H groups in total. The van der Waals surface area contributed by atoms with E-state index in [2.05, 4.69) is 31.1 Å². The van der Waals surface area contributed by atoms with Gasteiger partial charge in [-0.1, -0.05) is 20.8 Å². The minimum absolute atomic E-state index is 0.152. The Morgan fingerprint density at radius 2 is 2.06 bits per heavy atom. The molecule has 0 aliphatic rings. The summed E-state index contributed by atoms with van der Waals surface area (Å²) in [5.41, 5.74) is 0.484. The molecule has 0 saturated carbocycles. The lowest BCUT2D eigenvalue weighted by Crippen LogP contribution is -2.27. The Labute approximate surface area is 95.1 Å². The molecule has 1 rings (SSSR count). The van der Waals surface area contributed by atoms with Gasteiger partial charge in [-0.2, -0.15) is 0 Å². The first-order valence-electron chi connectivity index (χ1n) is 5.35. The largest absolute Gasteiger partial charge is 0.352 e. The van der Waals surface area contributed by atoms with Gasteiger partial charge in [-0.3, -0.25) is 9.59 Å². The standard InChI is InChI=1S/C12H18N2O2/c1-12(2,3)6-7-13-11(16)9-4-5-10(15)14-8-9/h4-5,8H,6-7H2,1-3H3,(H,13,16)(H,14,15). The fourth-order valence-corrected chi connectivity index (χ4v) is 1.20. The molecular weight excluding hydrogens is 204 g/mol. The Morgan fingerprint density at radius 3 is 2.56 bits per heavy atom. The first-order chi connectivity index (χ1) is 7.38. The molecule has 1 heterocycles. The molecule has 1 aromatic rings. The van der Waals surface area contributed by atoms with Gasteiger partial charge in [0.05, 0.1) is 5.56 Å². The predicted octanol–water partition coefficient (Wildman–Crippen LogP) is 1.54. The summed E-state index contributed by atoms with van der Waals surface area (Å²) < 4.78 is 0. The summed E-state index contributed by atoms with van der Waals surface area (Å²) in [6.07, 6.45) is 2.34. The van der Waals surface area contributed by atoms with Gasteiger partial charge >= 0.3 is 0 Å². The summed E-state index contributed by atoms with van der Waals surface area (Å²) in [5, 5.41) is 2.81. The molecule has 0 spiro atoms. The summed E-state index contributed by atoms with van der Waals surface area (Å²) in [6.45, 7) is 7.01. The highest BCUT2D eigenvalue weighted by Gasteiger charge is 2.11. The van der Waals surface area contributed by atoms with Gasteiger partial charge in [0, 0.05) is 18.8 Å². The van der Waals surface area contributed by atoms with E-state index in [1.807, 2.05) is 0 Å². The Bertz CT molecular complexity index is 395. The van der Waals surface area contributed by atoms with Crippen LogP contribution in [0.2, 0.25) is 0 Å². The van der Waals surface area contributed by atoms with Crippen LogP contribution in [-0.2, 0) is 0 Å². The molecule has 16 heavy (non-hydrogen) atoms. The minimum atomic E-state index is -0.203. The maximum Gasteiger partial charge on any atom is 0.252 e. The van der Waals surface area contributed by atoms with Crippen LogP contribution >= 0.6 is 0 Å². The molecule has 1 aromatic heterocycles. The highest BCUT2D eigenvalue weighted by atomic mass is 16.1. The Morgan fingerprint density at radius 1 is 1.38 bits per heavy atom. The van der Waals surface area contributed by atoms with Crippen molar-refractivity contribution in [3.05, 3.63) is 34.2 Å². The van der Waals surface area contributed by atoms with Crippen molar-refractivity contribution in [1.82, 2.24) is 10.3 Å². The van der Waals surface area contributed by atoms with E-state index in [1.165, 1.54) is 18.3 Å².